The third kappa shape index (κ3) is 3.32. The Labute approximate surface area is 95.8 Å². The minimum atomic E-state index is -0.408. The number of hydrogen-bond donors (Lipinski definition) is 1. The number of benzene rings is 1. The Hall–Kier alpha value is -1.95. The van der Waals surface area contributed by atoms with Gasteiger partial charge < -0.3 is 10.1 Å². The molecule has 3 heteroatoms. The Morgan fingerprint density at radius 2 is 2.25 bits per heavy atom. The van der Waals surface area contributed by atoms with E-state index < -0.39 is 6.04 Å². The second-order valence-electron chi connectivity index (χ2n) is 3.49. The Bertz CT molecular complexity index is 407. The molecule has 0 spiro atoms. The van der Waals surface area contributed by atoms with Gasteiger partial charge in [-0.25, -0.2) is 4.79 Å². The van der Waals surface area contributed by atoms with E-state index in [1.165, 1.54) is 0 Å². The highest BCUT2D eigenvalue weighted by Gasteiger charge is 2.14. The predicted octanol–water partition coefficient (Wildman–Crippen LogP) is 1.97. The molecule has 1 rings (SSSR count). The number of anilines is 1. The quantitative estimate of drug-likeness (QED) is 0.619. The molecule has 0 saturated heterocycles. The molecule has 0 radical (unpaired) electrons. The van der Waals surface area contributed by atoms with Crippen molar-refractivity contribution in [2.24, 2.45) is 0 Å². The lowest BCUT2D eigenvalue weighted by molar-refractivity contribution is -0.142. The van der Waals surface area contributed by atoms with Crippen LogP contribution < -0.4 is 5.32 Å². The molecule has 0 amide bonds. The Morgan fingerprint density at radius 1 is 1.56 bits per heavy atom. The van der Waals surface area contributed by atoms with Crippen molar-refractivity contribution in [1.82, 2.24) is 0 Å². The van der Waals surface area contributed by atoms with E-state index in [1.54, 1.807) is 6.92 Å². The fraction of sp³-hybridized carbons (Fsp3) is 0.308. The lowest BCUT2D eigenvalue weighted by atomic mass is 10.2. The van der Waals surface area contributed by atoms with Gasteiger partial charge in [-0.2, -0.15) is 0 Å². The first-order valence-corrected chi connectivity index (χ1v) is 5.07. The first kappa shape index (κ1) is 12.1. The molecule has 1 aromatic rings. The molecule has 16 heavy (non-hydrogen) atoms. The summed E-state index contributed by atoms with van der Waals surface area (Å²) in [5.74, 6) is 1.91. The number of carbonyl (C=O) groups excluding carboxylic acids is 1. The molecule has 0 aromatic heterocycles. The average molecular weight is 217 g/mol. The molecule has 1 atom stereocenters. The standard InChI is InChI=1S/C13H15NO2/c1-4-9-16-13(15)11(3)14-12-8-6-5-7-10(12)2/h1,5-8,11,14H,9H2,2-3H3/t11-/m0/s1. The van der Waals surface area contributed by atoms with Crippen molar-refractivity contribution in [3.63, 3.8) is 0 Å². The third-order valence-corrected chi connectivity index (χ3v) is 2.17. The van der Waals surface area contributed by atoms with Gasteiger partial charge >= 0.3 is 5.97 Å². The summed E-state index contributed by atoms with van der Waals surface area (Å²) >= 11 is 0. The van der Waals surface area contributed by atoms with Crippen LogP contribution in [-0.2, 0) is 9.53 Å². The topological polar surface area (TPSA) is 38.3 Å². The van der Waals surface area contributed by atoms with Gasteiger partial charge in [0.2, 0.25) is 0 Å². The van der Waals surface area contributed by atoms with Crippen LogP contribution in [0.15, 0.2) is 24.3 Å². The van der Waals surface area contributed by atoms with Crippen molar-refractivity contribution in [1.29, 1.82) is 0 Å². The maximum absolute atomic E-state index is 11.4. The molecule has 0 bridgehead atoms. The number of para-hydroxylation sites is 1. The van der Waals surface area contributed by atoms with Crippen molar-refractivity contribution in [3.05, 3.63) is 29.8 Å². The molecule has 1 N–H and O–H groups in total. The minimum absolute atomic E-state index is 0.0125. The van der Waals surface area contributed by atoms with Crippen LogP contribution in [0.25, 0.3) is 0 Å². The van der Waals surface area contributed by atoms with Crippen molar-refractivity contribution >= 4 is 11.7 Å². The van der Waals surface area contributed by atoms with Crippen LogP contribution in [0.4, 0.5) is 5.69 Å². The van der Waals surface area contributed by atoms with E-state index in [-0.39, 0.29) is 12.6 Å². The van der Waals surface area contributed by atoms with E-state index >= 15 is 0 Å². The molecule has 84 valence electrons. The molecule has 3 nitrogen and oxygen atoms in total. The molecule has 0 fully saturated rings. The second kappa shape index (κ2) is 5.82. The van der Waals surface area contributed by atoms with Crippen molar-refractivity contribution < 1.29 is 9.53 Å². The normalized spacial score (nSPS) is 11.3. The van der Waals surface area contributed by atoms with Crippen LogP contribution in [-0.4, -0.2) is 18.6 Å². The van der Waals surface area contributed by atoms with Gasteiger partial charge in [0.05, 0.1) is 0 Å². The number of nitrogens with one attached hydrogen (secondary N) is 1. The molecule has 0 aliphatic carbocycles. The second-order valence-corrected chi connectivity index (χ2v) is 3.49. The highest BCUT2D eigenvalue weighted by Crippen LogP contribution is 2.14. The van der Waals surface area contributed by atoms with Crippen LogP contribution in [0.3, 0.4) is 0 Å². The summed E-state index contributed by atoms with van der Waals surface area (Å²) in [5, 5.41) is 3.08. The first-order valence-electron chi connectivity index (χ1n) is 5.07. The SMILES string of the molecule is C#CCOC(=O)[C@H](C)Nc1ccccc1C. The number of ether oxygens (including phenoxy) is 1. The highest BCUT2D eigenvalue weighted by molar-refractivity contribution is 5.79. The number of hydrogen-bond acceptors (Lipinski definition) is 3. The summed E-state index contributed by atoms with van der Waals surface area (Å²) in [4.78, 5) is 11.4. The van der Waals surface area contributed by atoms with Gasteiger partial charge in [0.15, 0.2) is 6.61 Å². The fourth-order valence-corrected chi connectivity index (χ4v) is 1.26. The highest BCUT2D eigenvalue weighted by atomic mass is 16.5. The zero-order valence-corrected chi connectivity index (χ0v) is 9.49. The van der Waals surface area contributed by atoms with Gasteiger partial charge in [-0.3, -0.25) is 0 Å². The number of rotatable bonds is 4. The van der Waals surface area contributed by atoms with Crippen LogP contribution >= 0.6 is 0 Å². The van der Waals surface area contributed by atoms with E-state index in [0.29, 0.717) is 0 Å². The maximum Gasteiger partial charge on any atom is 0.329 e. The summed E-state index contributed by atoms with van der Waals surface area (Å²) < 4.78 is 4.83. The maximum atomic E-state index is 11.4. The van der Waals surface area contributed by atoms with Gasteiger partial charge in [-0.05, 0) is 25.5 Å². The molecule has 0 saturated carbocycles. The zero-order chi connectivity index (χ0) is 12.0. The number of carbonyl (C=O) groups is 1. The Balaban J connectivity index is 2.58. The predicted molar refractivity (Wildman–Crippen MR) is 64.1 cm³/mol. The van der Waals surface area contributed by atoms with E-state index in [0.717, 1.165) is 11.3 Å². The van der Waals surface area contributed by atoms with Gasteiger partial charge in [-0.1, -0.05) is 24.1 Å². The van der Waals surface area contributed by atoms with Crippen LogP contribution in [0.5, 0.6) is 0 Å². The van der Waals surface area contributed by atoms with Gasteiger partial charge in [0.1, 0.15) is 6.04 Å². The molecule has 0 aliphatic heterocycles. The zero-order valence-electron chi connectivity index (χ0n) is 9.49. The number of esters is 1. The van der Waals surface area contributed by atoms with Crippen LogP contribution in [0.1, 0.15) is 12.5 Å². The van der Waals surface area contributed by atoms with Crippen molar-refractivity contribution in [2.45, 2.75) is 19.9 Å². The summed E-state index contributed by atoms with van der Waals surface area (Å²) in [6.45, 7) is 3.73. The lowest BCUT2D eigenvalue weighted by Gasteiger charge is -2.15. The van der Waals surface area contributed by atoms with E-state index in [4.69, 9.17) is 11.2 Å². The van der Waals surface area contributed by atoms with Crippen molar-refractivity contribution in [2.75, 3.05) is 11.9 Å². The summed E-state index contributed by atoms with van der Waals surface area (Å²) in [6.07, 6.45) is 5.01. The fourth-order valence-electron chi connectivity index (χ4n) is 1.26. The molecule has 0 aliphatic rings. The van der Waals surface area contributed by atoms with Gasteiger partial charge in [0, 0.05) is 5.69 Å². The van der Waals surface area contributed by atoms with Crippen LogP contribution in [0, 0.1) is 19.3 Å². The van der Waals surface area contributed by atoms with Crippen LogP contribution in [0.2, 0.25) is 0 Å². The lowest BCUT2D eigenvalue weighted by Crippen LogP contribution is -2.28. The minimum Gasteiger partial charge on any atom is -0.451 e. The molecule has 0 heterocycles. The molecular formula is C13H15NO2. The Morgan fingerprint density at radius 3 is 2.88 bits per heavy atom. The summed E-state index contributed by atoms with van der Waals surface area (Å²) in [6, 6.07) is 7.34. The summed E-state index contributed by atoms with van der Waals surface area (Å²) in [7, 11) is 0. The Kier molecular flexibility index (Phi) is 4.41. The van der Waals surface area contributed by atoms with Gasteiger partial charge in [0.25, 0.3) is 0 Å². The van der Waals surface area contributed by atoms with E-state index in [9.17, 15) is 4.79 Å². The smallest absolute Gasteiger partial charge is 0.329 e. The largest absolute Gasteiger partial charge is 0.451 e. The van der Waals surface area contributed by atoms with Crippen molar-refractivity contribution in [3.8, 4) is 12.3 Å². The number of aryl methyl sites for hydroxylation is 1. The van der Waals surface area contributed by atoms with E-state index in [2.05, 4.69) is 11.2 Å². The monoisotopic (exact) mass is 217 g/mol. The third-order valence-electron chi connectivity index (χ3n) is 2.17. The van der Waals surface area contributed by atoms with Gasteiger partial charge in [-0.15, -0.1) is 6.42 Å². The molecule has 0 unspecified atom stereocenters. The molecule has 1 aromatic carbocycles. The first-order chi connectivity index (χ1) is 7.65. The van der Waals surface area contributed by atoms with E-state index in [1.807, 2.05) is 31.2 Å². The summed E-state index contributed by atoms with van der Waals surface area (Å²) in [5.41, 5.74) is 2.01. The average Bonchev–Trinajstić information content (AvgIpc) is 2.28. The molecular weight excluding hydrogens is 202 g/mol. The number of terminal acetylenes is 1.